The van der Waals surface area contributed by atoms with Gasteiger partial charge in [-0.1, -0.05) is 6.07 Å². The zero-order chi connectivity index (χ0) is 18.6. The third-order valence-electron chi connectivity index (χ3n) is 3.50. The topological polar surface area (TPSA) is 75.7 Å². The monoisotopic (exact) mass is 382 g/mol. The van der Waals surface area contributed by atoms with Gasteiger partial charge in [-0.2, -0.15) is 4.31 Å². The number of sulfonamides is 1. The van der Waals surface area contributed by atoms with E-state index in [9.17, 15) is 13.2 Å². The van der Waals surface area contributed by atoms with Gasteiger partial charge in [0.25, 0.3) is 5.91 Å². The number of hydrogen-bond donors (Lipinski definition) is 1. The number of nitrogens with zero attached hydrogens (tertiary/aromatic N) is 1. The van der Waals surface area contributed by atoms with Crippen molar-refractivity contribution in [3.05, 3.63) is 46.2 Å². The zero-order valence-electron chi connectivity index (χ0n) is 14.6. The van der Waals surface area contributed by atoms with Gasteiger partial charge in [0.05, 0.1) is 17.6 Å². The first-order valence-electron chi connectivity index (χ1n) is 7.73. The van der Waals surface area contributed by atoms with E-state index in [-0.39, 0.29) is 29.0 Å². The maximum Gasteiger partial charge on any atom is 0.255 e. The quantitative estimate of drug-likeness (QED) is 0.799. The smallest absolute Gasteiger partial charge is 0.255 e. The first-order valence-corrected chi connectivity index (χ1v) is 10.0. The molecule has 25 heavy (non-hydrogen) atoms. The Morgan fingerprint density at radius 3 is 2.60 bits per heavy atom. The number of thiophene rings is 1. The highest BCUT2D eigenvalue weighted by molar-refractivity contribution is 7.89. The van der Waals surface area contributed by atoms with Crippen LogP contribution in [-0.2, 0) is 16.6 Å². The number of ether oxygens (including phenoxy) is 1. The molecule has 0 spiro atoms. The van der Waals surface area contributed by atoms with E-state index in [2.05, 4.69) is 5.32 Å². The molecule has 0 atom stereocenters. The van der Waals surface area contributed by atoms with Gasteiger partial charge in [0.15, 0.2) is 0 Å². The molecule has 0 aliphatic carbocycles. The molecule has 6 nitrogen and oxygen atoms in total. The number of carbonyl (C=O) groups is 1. The highest BCUT2D eigenvalue weighted by Crippen LogP contribution is 2.25. The van der Waals surface area contributed by atoms with Gasteiger partial charge in [-0.05, 0) is 43.5 Å². The number of benzene rings is 1. The van der Waals surface area contributed by atoms with Gasteiger partial charge >= 0.3 is 0 Å². The van der Waals surface area contributed by atoms with Gasteiger partial charge in [-0.15, -0.1) is 11.3 Å². The molecular weight excluding hydrogens is 360 g/mol. The molecule has 0 aliphatic heterocycles. The van der Waals surface area contributed by atoms with E-state index < -0.39 is 10.0 Å². The molecule has 0 radical (unpaired) electrons. The van der Waals surface area contributed by atoms with Crippen molar-refractivity contribution in [3.8, 4) is 5.75 Å². The van der Waals surface area contributed by atoms with Crippen molar-refractivity contribution in [1.82, 2.24) is 9.62 Å². The van der Waals surface area contributed by atoms with Crippen LogP contribution in [-0.4, -0.2) is 38.8 Å². The minimum Gasteiger partial charge on any atom is -0.496 e. The Morgan fingerprint density at radius 1 is 1.32 bits per heavy atom. The minimum atomic E-state index is -3.72. The summed E-state index contributed by atoms with van der Waals surface area (Å²) < 4.78 is 32.1. The van der Waals surface area contributed by atoms with Gasteiger partial charge in [-0.25, -0.2) is 8.42 Å². The predicted octanol–water partition coefficient (Wildman–Crippen LogP) is 2.72. The van der Waals surface area contributed by atoms with Crippen molar-refractivity contribution >= 4 is 27.3 Å². The fourth-order valence-corrected chi connectivity index (χ4v) is 4.27. The van der Waals surface area contributed by atoms with E-state index >= 15 is 0 Å². The van der Waals surface area contributed by atoms with Gasteiger partial charge in [0, 0.05) is 24.5 Å². The summed E-state index contributed by atoms with van der Waals surface area (Å²) in [4.78, 5) is 13.3. The summed E-state index contributed by atoms with van der Waals surface area (Å²) in [6.45, 7) is 3.94. The maximum atomic E-state index is 12.8. The maximum absolute atomic E-state index is 12.8. The average Bonchev–Trinajstić information content (AvgIpc) is 3.06. The molecule has 0 saturated heterocycles. The lowest BCUT2D eigenvalue weighted by atomic mass is 10.2. The van der Waals surface area contributed by atoms with E-state index in [1.54, 1.807) is 0 Å². The van der Waals surface area contributed by atoms with E-state index in [4.69, 9.17) is 4.74 Å². The van der Waals surface area contributed by atoms with Crippen LogP contribution in [0.15, 0.2) is 40.6 Å². The molecule has 1 aromatic carbocycles. The van der Waals surface area contributed by atoms with Crippen molar-refractivity contribution < 1.29 is 17.9 Å². The number of hydrogen-bond acceptors (Lipinski definition) is 5. The van der Waals surface area contributed by atoms with Crippen LogP contribution in [0.4, 0.5) is 0 Å². The molecule has 0 aliphatic rings. The standard InChI is InChI=1S/C17H22N2O4S2/c1-12(2)18-17(20)15-10-14(7-8-16(15)23-4)25(21,22)19(3)11-13-6-5-9-24-13/h5-10,12H,11H2,1-4H3,(H,18,20). The highest BCUT2D eigenvalue weighted by atomic mass is 32.2. The molecule has 0 fully saturated rings. The first kappa shape index (κ1) is 19.4. The molecule has 1 heterocycles. The third kappa shape index (κ3) is 4.59. The van der Waals surface area contributed by atoms with E-state index in [1.807, 2.05) is 31.4 Å². The first-order chi connectivity index (χ1) is 11.8. The number of amides is 1. The summed E-state index contributed by atoms with van der Waals surface area (Å²) in [7, 11) is -0.756. The van der Waals surface area contributed by atoms with Crippen LogP contribution in [0.3, 0.4) is 0 Å². The average molecular weight is 383 g/mol. The molecule has 1 N–H and O–H groups in total. The van der Waals surface area contributed by atoms with Crippen LogP contribution < -0.4 is 10.1 Å². The normalized spacial score (nSPS) is 11.8. The number of rotatable bonds is 7. The van der Waals surface area contributed by atoms with E-state index in [0.717, 1.165) is 4.88 Å². The summed E-state index contributed by atoms with van der Waals surface area (Å²) in [5, 5.41) is 4.65. The van der Waals surface area contributed by atoms with Crippen LogP contribution in [0.2, 0.25) is 0 Å². The lowest BCUT2D eigenvalue weighted by Crippen LogP contribution is -2.31. The van der Waals surface area contributed by atoms with E-state index in [1.165, 1.54) is 48.0 Å². The molecule has 1 amide bonds. The Hall–Kier alpha value is -1.90. The van der Waals surface area contributed by atoms with Crippen LogP contribution in [0.5, 0.6) is 5.75 Å². The SMILES string of the molecule is COc1ccc(S(=O)(=O)N(C)Cc2cccs2)cc1C(=O)NC(C)C. The Labute approximate surface area is 152 Å². The fraction of sp³-hybridized carbons (Fsp3) is 0.353. The molecule has 0 bridgehead atoms. The van der Waals surface area contributed by atoms with Crippen LogP contribution >= 0.6 is 11.3 Å². The number of nitrogens with one attached hydrogen (secondary N) is 1. The Kier molecular flexibility index (Phi) is 6.21. The molecule has 2 aromatic rings. The summed E-state index contributed by atoms with van der Waals surface area (Å²) in [5.41, 5.74) is 0.196. The number of methoxy groups -OCH3 is 1. The third-order valence-corrected chi connectivity index (χ3v) is 6.16. The number of carbonyl (C=O) groups excluding carboxylic acids is 1. The lowest BCUT2D eigenvalue weighted by molar-refractivity contribution is 0.0940. The molecule has 136 valence electrons. The van der Waals surface area contributed by atoms with Gasteiger partial charge in [-0.3, -0.25) is 4.79 Å². The fourth-order valence-electron chi connectivity index (χ4n) is 2.25. The molecule has 8 heteroatoms. The van der Waals surface area contributed by atoms with Crippen LogP contribution in [0.1, 0.15) is 29.1 Å². The van der Waals surface area contributed by atoms with Crippen molar-refractivity contribution in [2.24, 2.45) is 0 Å². The van der Waals surface area contributed by atoms with Crippen LogP contribution in [0, 0.1) is 0 Å². The largest absolute Gasteiger partial charge is 0.496 e. The Balaban J connectivity index is 2.35. The molecule has 0 saturated carbocycles. The van der Waals surface area contributed by atoms with Gasteiger partial charge in [0.2, 0.25) is 10.0 Å². The summed E-state index contributed by atoms with van der Waals surface area (Å²) in [6.07, 6.45) is 0. The predicted molar refractivity (Wildman–Crippen MR) is 98.6 cm³/mol. The van der Waals surface area contributed by atoms with Crippen molar-refractivity contribution in [1.29, 1.82) is 0 Å². The van der Waals surface area contributed by atoms with Crippen molar-refractivity contribution in [2.75, 3.05) is 14.2 Å². The Bertz CT molecular complexity index is 830. The zero-order valence-corrected chi connectivity index (χ0v) is 16.3. The summed E-state index contributed by atoms with van der Waals surface area (Å²) in [6, 6.07) is 8.00. The highest BCUT2D eigenvalue weighted by Gasteiger charge is 2.24. The molecule has 2 rings (SSSR count). The Morgan fingerprint density at radius 2 is 2.04 bits per heavy atom. The van der Waals surface area contributed by atoms with Crippen molar-refractivity contribution in [2.45, 2.75) is 31.3 Å². The second kappa shape index (κ2) is 7.99. The molecule has 1 aromatic heterocycles. The molecular formula is C17H22N2O4S2. The second-order valence-electron chi connectivity index (χ2n) is 5.83. The van der Waals surface area contributed by atoms with Crippen molar-refractivity contribution in [3.63, 3.8) is 0 Å². The summed E-state index contributed by atoms with van der Waals surface area (Å²) >= 11 is 1.49. The molecule has 0 unspecified atom stereocenters. The van der Waals surface area contributed by atoms with Crippen LogP contribution in [0.25, 0.3) is 0 Å². The lowest BCUT2D eigenvalue weighted by Gasteiger charge is -2.18. The van der Waals surface area contributed by atoms with E-state index in [0.29, 0.717) is 5.75 Å². The van der Waals surface area contributed by atoms with Gasteiger partial charge < -0.3 is 10.1 Å². The minimum absolute atomic E-state index is 0.0567. The van der Waals surface area contributed by atoms with Gasteiger partial charge in [0.1, 0.15) is 5.75 Å². The summed E-state index contributed by atoms with van der Waals surface area (Å²) in [5.74, 6) is -0.0391. The second-order valence-corrected chi connectivity index (χ2v) is 8.91.